The quantitative estimate of drug-likeness (QED) is 0.126. The lowest BCUT2D eigenvalue weighted by atomic mass is 9.70. The van der Waals surface area contributed by atoms with E-state index in [1.54, 1.807) is 46.2 Å². The van der Waals surface area contributed by atoms with Crippen LogP contribution in [0.4, 0.5) is 5.69 Å². The van der Waals surface area contributed by atoms with Crippen molar-refractivity contribution in [2.75, 3.05) is 31.2 Å². The Morgan fingerprint density at radius 3 is 2.53 bits per heavy atom. The molecule has 0 aromatic heterocycles. The van der Waals surface area contributed by atoms with Gasteiger partial charge < -0.3 is 29.7 Å². The van der Waals surface area contributed by atoms with Crippen molar-refractivity contribution < 1.29 is 33.8 Å². The molecular formula is C38H46ClN3O7. The van der Waals surface area contributed by atoms with Crippen LogP contribution in [-0.2, 0) is 28.7 Å². The molecule has 2 N–H and O–H groups in total. The SMILES string of the molecule is C=CCCC(=O)OC[C@@H](NC(=O)[C@@H]1[C@@H]2CC[C@]3(O2)[C@H](C(=O)N(CC=C)c2ccccc2Cl)N(CCCCCCO)C(=O)[C@@H]13)c1ccccc1. The molecule has 11 heteroatoms. The summed E-state index contributed by atoms with van der Waals surface area (Å²) in [4.78, 5) is 59.0. The van der Waals surface area contributed by atoms with Crippen LogP contribution >= 0.6 is 11.6 Å². The number of likely N-dealkylation sites (tertiary alicyclic amines) is 1. The van der Waals surface area contributed by atoms with E-state index in [-0.39, 0.29) is 43.9 Å². The van der Waals surface area contributed by atoms with Crippen LogP contribution < -0.4 is 10.2 Å². The zero-order valence-corrected chi connectivity index (χ0v) is 28.6. The minimum absolute atomic E-state index is 0.0802. The molecule has 3 amide bonds. The molecule has 2 aromatic rings. The molecule has 3 aliphatic rings. The molecule has 49 heavy (non-hydrogen) atoms. The molecule has 0 radical (unpaired) electrons. The molecule has 3 saturated heterocycles. The van der Waals surface area contributed by atoms with Crippen molar-refractivity contribution in [3.05, 3.63) is 90.5 Å². The molecule has 2 aromatic carbocycles. The number of esters is 1. The Hall–Kier alpha value is -3.99. The van der Waals surface area contributed by atoms with Crippen molar-refractivity contribution in [3.63, 3.8) is 0 Å². The van der Waals surface area contributed by atoms with Crippen LogP contribution in [0.5, 0.6) is 0 Å². The van der Waals surface area contributed by atoms with Gasteiger partial charge in [0.25, 0.3) is 5.91 Å². The van der Waals surface area contributed by atoms with Crippen molar-refractivity contribution in [2.45, 2.75) is 75.2 Å². The van der Waals surface area contributed by atoms with E-state index in [0.29, 0.717) is 49.4 Å². The second-order valence-corrected chi connectivity index (χ2v) is 13.3. The van der Waals surface area contributed by atoms with Gasteiger partial charge in [0.2, 0.25) is 11.8 Å². The lowest BCUT2D eigenvalue weighted by Crippen LogP contribution is -2.56. The highest BCUT2D eigenvalue weighted by Gasteiger charge is 2.74. The molecule has 6 atom stereocenters. The molecule has 3 fully saturated rings. The Labute approximate surface area is 293 Å². The number of hydrogen-bond acceptors (Lipinski definition) is 7. The molecule has 0 unspecified atom stereocenters. The van der Waals surface area contributed by atoms with E-state index in [1.165, 1.54) is 0 Å². The van der Waals surface area contributed by atoms with E-state index >= 15 is 0 Å². The molecular weight excluding hydrogens is 646 g/mol. The first-order valence-electron chi connectivity index (χ1n) is 17.1. The first kappa shape index (κ1) is 36.3. The van der Waals surface area contributed by atoms with Gasteiger partial charge in [-0.1, -0.05) is 79.1 Å². The number of nitrogens with one attached hydrogen (secondary N) is 1. The number of aliphatic hydroxyl groups excluding tert-OH is 1. The van der Waals surface area contributed by atoms with Gasteiger partial charge in [-0.05, 0) is 49.8 Å². The number of allylic oxidation sites excluding steroid dienone is 1. The van der Waals surface area contributed by atoms with Gasteiger partial charge in [0.1, 0.15) is 18.2 Å². The summed E-state index contributed by atoms with van der Waals surface area (Å²) in [6.45, 7) is 7.98. The summed E-state index contributed by atoms with van der Waals surface area (Å²) in [6.07, 6.45) is 7.14. The Kier molecular flexibility index (Phi) is 12.3. The third-order valence-electron chi connectivity index (χ3n) is 9.85. The molecule has 262 valence electrons. The van der Waals surface area contributed by atoms with Gasteiger partial charge in [-0.2, -0.15) is 0 Å². The van der Waals surface area contributed by atoms with Crippen molar-refractivity contribution in [2.24, 2.45) is 11.8 Å². The van der Waals surface area contributed by atoms with Crippen molar-refractivity contribution in [1.29, 1.82) is 0 Å². The minimum Gasteiger partial charge on any atom is -0.463 e. The number of rotatable bonds is 18. The predicted octanol–water partition coefficient (Wildman–Crippen LogP) is 5.15. The number of hydrogen-bond donors (Lipinski definition) is 2. The summed E-state index contributed by atoms with van der Waals surface area (Å²) in [6, 6.07) is 14.6. The lowest BCUT2D eigenvalue weighted by Gasteiger charge is -2.37. The van der Waals surface area contributed by atoms with Crippen LogP contribution in [0.3, 0.4) is 0 Å². The van der Waals surface area contributed by atoms with Gasteiger partial charge in [-0.15, -0.1) is 13.2 Å². The summed E-state index contributed by atoms with van der Waals surface area (Å²) in [5.74, 6) is -3.12. The Balaban J connectivity index is 1.45. The van der Waals surface area contributed by atoms with Gasteiger partial charge >= 0.3 is 5.97 Å². The summed E-state index contributed by atoms with van der Waals surface area (Å²) >= 11 is 6.58. The van der Waals surface area contributed by atoms with Crippen LogP contribution in [0.25, 0.3) is 0 Å². The highest BCUT2D eigenvalue weighted by molar-refractivity contribution is 6.34. The number of fused-ring (bicyclic) bond motifs is 1. The smallest absolute Gasteiger partial charge is 0.306 e. The summed E-state index contributed by atoms with van der Waals surface area (Å²) in [7, 11) is 0. The maximum absolute atomic E-state index is 14.7. The fourth-order valence-electron chi connectivity index (χ4n) is 7.62. The van der Waals surface area contributed by atoms with Gasteiger partial charge in [0, 0.05) is 26.1 Å². The van der Waals surface area contributed by atoms with Crippen LogP contribution in [0, 0.1) is 11.8 Å². The summed E-state index contributed by atoms with van der Waals surface area (Å²) in [5, 5.41) is 12.7. The van der Waals surface area contributed by atoms with Gasteiger partial charge in [-0.25, -0.2) is 0 Å². The Morgan fingerprint density at radius 2 is 1.82 bits per heavy atom. The largest absolute Gasteiger partial charge is 0.463 e. The molecule has 2 bridgehead atoms. The number of unbranched alkanes of at least 4 members (excludes halogenated alkanes) is 3. The maximum atomic E-state index is 14.7. The van der Waals surface area contributed by atoms with Crippen molar-refractivity contribution >= 4 is 41.0 Å². The van der Waals surface area contributed by atoms with Gasteiger partial charge in [0.15, 0.2) is 0 Å². The molecule has 0 aliphatic carbocycles. The third-order valence-corrected chi connectivity index (χ3v) is 10.2. The number of ether oxygens (including phenoxy) is 2. The van der Waals surface area contributed by atoms with E-state index < -0.39 is 41.6 Å². The first-order valence-corrected chi connectivity index (χ1v) is 17.5. The van der Waals surface area contributed by atoms with E-state index in [1.807, 2.05) is 30.3 Å². The topological polar surface area (TPSA) is 125 Å². The Morgan fingerprint density at radius 1 is 1.08 bits per heavy atom. The number of carbonyl (C=O) groups excluding carboxylic acids is 4. The number of amides is 3. The highest BCUT2D eigenvalue weighted by atomic mass is 35.5. The number of halogens is 1. The number of para-hydroxylation sites is 1. The summed E-state index contributed by atoms with van der Waals surface area (Å²) in [5.41, 5.74) is 0.0483. The predicted molar refractivity (Wildman–Crippen MR) is 187 cm³/mol. The van der Waals surface area contributed by atoms with E-state index in [9.17, 15) is 24.3 Å². The van der Waals surface area contributed by atoms with Crippen LogP contribution in [0.1, 0.15) is 63.0 Å². The monoisotopic (exact) mass is 691 g/mol. The van der Waals surface area contributed by atoms with Crippen LogP contribution in [0.15, 0.2) is 79.9 Å². The molecule has 3 heterocycles. The normalized spacial score (nSPS) is 24.3. The van der Waals surface area contributed by atoms with Gasteiger partial charge in [0.05, 0.1) is 34.7 Å². The molecule has 5 rings (SSSR count). The van der Waals surface area contributed by atoms with E-state index in [2.05, 4.69) is 18.5 Å². The molecule has 0 saturated carbocycles. The van der Waals surface area contributed by atoms with Crippen molar-refractivity contribution in [3.8, 4) is 0 Å². The molecule has 1 spiro atoms. The maximum Gasteiger partial charge on any atom is 0.306 e. The van der Waals surface area contributed by atoms with Crippen molar-refractivity contribution in [1.82, 2.24) is 10.2 Å². The highest BCUT2D eigenvalue weighted by Crippen LogP contribution is 2.59. The average molecular weight is 692 g/mol. The second kappa shape index (κ2) is 16.6. The van der Waals surface area contributed by atoms with Crippen LogP contribution in [0.2, 0.25) is 5.02 Å². The van der Waals surface area contributed by atoms with E-state index in [0.717, 1.165) is 18.4 Å². The minimum atomic E-state index is -1.20. The number of nitrogens with zero attached hydrogens (tertiary/aromatic N) is 2. The Bertz CT molecular complexity index is 1520. The first-order chi connectivity index (χ1) is 23.8. The summed E-state index contributed by atoms with van der Waals surface area (Å²) < 4.78 is 12.2. The zero-order chi connectivity index (χ0) is 35.0. The number of anilines is 1. The van der Waals surface area contributed by atoms with Crippen LogP contribution in [-0.4, -0.2) is 77.7 Å². The number of aliphatic hydroxyl groups is 1. The average Bonchev–Trinajstić information content (AvgIpc) is 3.75. The standard InChI is InChI=1S/C38H46ClN3O7/c1-3-5-19-31(44)48-25-28(26-15-9-8-10-16-26)40-35(45)32-30-20-21-38(49-30)33(32)36(46)42(23-13-6-7-14-24-43)34(38)37(47)41(22-4-2)29-18-12-11-17-27(29)39/h3-4,8-12,15-18,28,30,32-34,43H,1-2,5-7,13-14,19-25H2,(H,40,45)/t28-,30+,32-,33-,34+,38-/m1/s1. The lowest BCUT2D eigenvalue weighted by molar-refractivity contribution is -0.146. The second-order valence-electron chi connectivity index (χ2n) is 12.9. The third kappa shape index (κ3) is 7.61. The fourth-order valence-corrected chi connectivity index (χ4v) is 7.86. The van der Waals surface area contributed by atoms with Gasteiger partial charge in [-0.3, -0.25) is 19.2 Å². The zero-order valence-electron chi connectivity index (χ0n) is 27.8. The fraction of sp³-hybridized carbons (Fsp3) is 0.474. The number of benzene rings is 2. The number of carbonyl (C=O) groups is 4. The molecule has 10 nitrogen and oxygen atoms in total. The molecule has 3 aliphatic heterocycles. The van der Waals surface area contributed by atoms with E-state index in [4.69, 9.17) is 21.1 Å².